The highest BCUT2D eigenvalue weighted by Crippen LogP contribution is 2.45. The van der Waals surface area contributed by atoms with Crippen LogP contribution in [0.5, 0.6) is 5.75 Å². The van der Waals surface area contributed by atoms with Crippen LogP contribution in [0.2, 0.25) is 0 Å². The molecule has 0 spiro atoms. The van der Waals surface area contributed by atoms with E-state index in [1.165, 1.54) is 18.2 Å². The van der Waals surface area contributed by atoms with Crippen LogP contribution >= 0.6 is 12.2 Å². The van der Waals surface area contributed by atoms with Crippen LogP contribution < -0.4 is 19.7 Å². The van der Waals surface area contributed by atoms with Crippen LogP contribution in [0.25, 0.3) is 5.69 Å². The quantitative estimate of drug-likeness (QED) is 0.275. The summed E-state index contributed by atoms with van der Waals surface area (Å²) in [5.41, 5.74) is 8.73. The Morgan fingerprint density at radius 1 is 1.02 bits per heavy atom. The highest BCUT2D eigenvalue weighted by atomic mass is 32.2. The van der Waals surface area contributed by atoms with Gasteiger partial charge in [0, 0.05) is 29.0 Å². The van der Waals surface area contributed by atoms with E-state index >= 15 is 0 Å². The fourth-order valence-electron chi connectivity index (χ4n) is 5.49. The predicted molar refractivity (Wildman–Crippen MR) is 164 cm³/mol. The zero-order chi connectivity index (χ0) is 28.8. The molecule has 208 valence electrons. The van der Waals surface area contributed by atoms with Crippen molar-refractivity contribution in [1.82, 2.24) is 14.9 Å². The number of pyridine rings is 1. The first-order chi connectivity index (χ1) is 19.0. The van der Waals surface area contributed by atoms with E-state index in [2.05, 4.69) is 71.6 Å². The first-order valence-electron chi connectivity index (χ1n) is 12.9. The maximum atomic E-state index is 12.1. The first-order valence-corrected chi connectivity index (χ1v) is 15.2. The lowest BCUT2D eigenvalue weighted by atomic mass is 9.96. The lowest BCUT2D eigenvalue weighted by Gasteiger charge is -2.29. The van der Waals surface area contributed by atoms with Crippen molar-refractivity contribution in [2.24, 2.45) is 0 Å². The van der Waals surface area contributed by atoms with Gasteiger partial charge in [0.2, 0.25) is 10.0 Å². The molecule has 4 aromatic rings. The smallest absolute Gasteiger partial charge is 0.229 e. The summed E-state index contributed by atoms with van der Waals surface area (Å²) in [6.45, 7) is 8.46. The lowest BCUT2D eigenvalue weighted by molar-refractivity contribution is 0.417. The maximum absolute atomic E-state index is 12.1. The first kappa shape index (κ1) is 27.7. The molecule has 1 aliphatic heterocycles. The summed E-state index contributed by atoms with van der Waals surface area (Å²) in [5, 5.41) is 4.02. The minimum atomic E-state index is -3.54. The van der Waals surface area contributed by atoms with Gasteiger partial charge in [-0.15, -0.1) is 0 Å². The summed E-state index contributed by atoms with van der Waals surface area (Å²) in [7, 11) is -2.03. The van der Waals surface area contributed by atoms with E-state index in [0.29, 0.717) is 16.5 Å². The zero-order valence-corrected chi connectivity index (χ0v) is 25.0. The van der Waals surface area contributed by atoms with Gasteiger partial charge in [-0.2, -0.15) is 0 Å². The van der Waals surface area contributed by atoms with E-state index in [1.54, 1.807) is 18.3 Å². The van der Waals surface area contributed by atoms with E-state index in [9.17, 15) is 8.42 Å². The van der Waals surface area contributed by atoms with Crippen molar-refractivity contribution in [2.45, 2.75) is 39.8 Å². The van der Waals surface area contributed by atoms with Gasteiger partial charge in [-0.1, -0.05) is 18.2 Å². The molecule has 3 heterocycles. The van der Waals surface area contributed by atoms with Crippen LogP contribution in [0.1, 0.15) is 45.9 Å². The molecule has 0 saturated carbocycles. The normalized spacial score (nSPS) is 17.1. The van der Waals surface area contributed by atoms with Gasteiger partial charge in [-0.25, -0.2) is 8.42 Å². The second-order valence-electron chi connectivity index (χ2n) is 10.2. The third-order valence-corrected chi connectivity index (χ3v) is 8.15. The van der Waals surface area contributed by atoms with Crippen LogP contribution in [-0.4, -0.2) is 36.4 Å². The number of rotatable bonds is 7. The molecule has 40 heavy (non-hydrogen) atoms. The van der Waals surface area contributed by atoms with Gasteiger partial charge in [0.15, 0.2) is 5.11 Å². The third-order valence-electron chi connectivity index (χ3n) is 7.25. The molecule has 0 aliphatic carbocycles. The Bertz CT molecular complexity index is 1700. The standard InChI is InChI=1S/C30H33N5O3S2/c1-18-10-11-19(2)26(15-18)34-20(3)16-23(21(34)4)29-28(24-9-7-8-14-31-24)32-30(39)35(29)22-12-13-27(38-5)25(17-22)33-40(6,36)37/h7-17,28-29,33H,1-6H3,(H,32,39)/t28-,29+/m1/s1. The van der Waals surface area contributed by atoms with Crippen molar-refractivity contribution in [1.29, 1.82) is 0 Å². The second kappa shape index (κ2) is 10.6. The lowest BCUT2D eigenvalue weighted by Crippen LogP contribution is -2.29. The van der Waals surface area contributed by atoms with Gasteiger partial charge in [0.1, 0.15) is 5.75 Å². The number of nitrogens with one attached hydrogen (secondary N) is 2. The molecule has 1 saturated heterocycles. The SMILES string of the molecule is COc1ccc(N2C(=S)N[C@H](c3ccccn3)[C@@H]2c2cc(C)n(-c3cc(C)ccc3C)c2C)cc1NS(C)(=O)=O. The topological polar surface area (TPSA) is 88.5 Å². The fraction of sp³-hybridized carbons (Fsp3) is 0.267. The number of benzene rings is 2. The molecule has 5 rings (SSSR count). The molecule has 0 bridgehead atoms. The van der Waals surface area contributed by atoms with Gasteiger partial charge < -0.3 is 19.5 Å². The molecule has 2 atom stereocenters. The highest BCUT2D eigenvalue weighted by Gasteiger charge is 2.42. The number of thiocarbonyl (C=S) groups is 1. The average Bonchev–Trinajstić information content (AvgIpc) is 3.40. The minimum absolute atomic E-state index is 0.241. The number of sulfonamides is 1. The van der Waals surface area contributed by atoms with Gasteiger partial charge >= 0.3 is 0 Å². The monoisotopic (exact) mass is 575 g/mol. The van der Waals surface area contributed by atoms with E-state index < -0.39 is 10.0 Å². The molecule has 1 fully saturated rings. The second-order valence-corrected chi connectivity index (χ2v) is 12.3. The Morgan fingerprint density at radius 2 is 1.80 bits per heavy atom. The van der Waals surface area contributed by atoms with Crippen molar-refractivity contribution in [3.05, 3.63) is 101 Å². The Kier molecular flexibility index (Phi) is 7.32. The predicted octanol–water partition coefficient (Wildman–Crippen LogP) is 5.66. The molecule has 2 aromatic carbocycles. The van der Waals surface area contributed by atoms with Crippen molar-refractivity contribution in [2.75, 3.05) is 23.0 Å². The van der Waals surface area contributed by atoms with Crippen LogP contribution in [0, 0.1) is 27.7 Å². The van der Waals surface area contributed by atoms with Gasteiger partial charge in [0.05, 0.1) is 36.8 Å². The molecule has 2 aromatic heterocycles. The molecule has 8 nitrogen and oxygen atoms in total. The minimum Gasteiger partial charge on any atom is -0.495 e. The number of aryl methyl sites for hydroxylation is 3. The summed E-state index contributed by atoms with van der Waals surface area (Å²) in [4.78, 5) is 6.71. The van der Waals surface area contributed by atoms with Crippen LogP contribution in [-0.2, 0) is 10.0 Å². The Labute approximate surface area is 241 Å². The molecule has 0 amide bonds. The van der Waals surface area contributed by atoms with Crippen LogP contribution in [0.15, 0.2) is 66.9 Å². The van der Waals surface area contributed by atoms with E-state index in [4.69, 9.17) is 17.0 Å². The summed E-state index contributed by atoms with van der Waals surface area (Å²) >= 11 is 5.92. The van der Waals surface area contributed by atoms with Crippen molar-refractivity contribution < 1.29 is 13.2 Å². The summed E-state index contributed by atoms with van der Waals surface area (Å²) in [5.74, 6) is 0.415. The molecular weight excluding hydrogens is 542 g/mol. The Balaban J connectivity index is 1.70. The van der Waals surface area contributed by atoms with Gasteiger partial charge in [0.25, 0.3) is 0 Å². The third kappa shape index (κ3) is 5.16. The number of methoxy groups -OCH3 is 1. The van der Waals surface area contributed by atoms with Gasteiger partial charge in [-0.05, 0) is 99.1 Å². The molecular formula is C30H33N5O3S2. The molecule has 0 radical (unpaired) electrons. The van der Waals surface area contributed by atoms with Crippen LogP contribution in [0.3, 0.4) is 0 Å². The Morgan fingerprint density at radius 3 is 2.48 bits per heavy atom. The van der Waals surface area contributed by atoms with Crippen molar-refractivity contribution in [3.8, 4) is 11.4 Å². The molecule has 1 aliphatic rings. The summed E-state index contributed by atoms with van der Waals surface area (Å²) in [6, 6.07) is 19.4. The van der Waals surface area contributed by atoms with Crippen molar-refractivity contribution in [3.63, 3.8) is 0 Å². The zero-order valence-electron chi connectivity index (χ0n) is 23.4. The summed E-state index contributed by atoms with van der Waals surface area (Å²) < 4.78 is 34.6. The number of anilines is 2. The Hall–Kier alpha value is -3.89. The van der Waals surface area contributed by atoms with E-state index in [-0.39, 0.29) is 12.1 Å². The van der Waals surface area contributed by atoms with Crippen molar-refractivity contribution >= 4 is 38.7 Å². The number of aromatic nitrogens is 2. The highest BCUT2D eigenvalue weighted by molar-refractivity contribution is 7.92. The molecule has 0 unspecified atom stereocenters. The van der Waals surface area contributed by atoms with E-state index in [0.717, 1.165) is 40.3 Å². The fourth-order valence-corrected chi connectivity index (χ4v) is 6.40. The molecule has 10 heteroatoms. The number of hydrogen-bond acceptors (Lipinski definition) is 5. The van der Waals surface area contributed by atoms with E-state index in [1.807, 2.05) is 29.2 Å². The number of ether oxygens (including phenoxy) is 1. The average molecular weight is 576 g/mol. The summed E-state index contributed by atoms with van der Waals surface area (Å²) in [6.07, 6.45) is 2.89. The maximum Gasteiger partial charge on any atom is 0.229 e. The van der Waals surface area contributed by atoms with Crippen LogP contribution in [0.4, 0.5) is 11.4 Å². The number of hydrogen-bond donors (Lipinski definition) is 2. The molecule has 2 N–H and O–H groups in total. The number of nitrogens with zero attached hydrogens (tertiary/aromatic N) is 3. The van der Waals surface area contributed by atoms with Gasteiger partial charge in [-0.3, -0.25) is 9.71 Å². The largest absolute Gasteiger partial charge is 0.495 e.